The second-order valence-electron chi connectivity index (χ2n) is 3.52. The zero-order chi connectivity index (χ0) is 11.6. The average molecular weight is 247 g/mol. The van der Waals surface area contributed by atoms with E-state index in [2.05, 4.69) is 10.3 Å². The predicted molar refractivity (Wildman–Crippen MR) is 61.6 cm³/mol. The molecular weight excluding hydrogens is 235 g/mol. The Morgan fingerprint density at radius 2 is 2.07 bits per heavy atom. The fourth-order valence-corrected chi connectivity index (χ4v) is 1.45. The van der Waals surface area contributed by atoms with Gasteiger partial charge in [0.1, 0.15) is 5.15 Å². The third-order valence-electron chi connectivity index (χ3n) is 1.79. The second-order valence-corrected chi connectivity index (χ2v) is 4.29. The van der Waals surface area contributed by atoms with E-state index in [9.17, 15) is 4.79 Å². The summed E-state index contributed by atoms with van der Waals surface area (Å²) in [4.78, 5) is 15.7. The molecule has 0 aliphatic heterocycles. The van der Waals surface area contributed by atoms with E-state index in [0.29, 0.717) is 11.3 Å². The lowest BCUT2D eigenvalue weighted by Gasteiger charge is -2.10. The van der Waals surface area contributed by atoms with Crippen LogP contribution < -0.4 is 5.32 Å². The van der Waals surface area contributed by atoms with Gasteiger partial charge in [-0.05, 0) is 26.8 Å². The summed E-state index contributed by atoms with van der Waals surface area (Å²) in [7, 11) is 0. The van der Waals surface area contributed by atoms with Gasteiger partial charge < -0.3 is 5.32 Å². The van der Waals surface area contributed by atoms with Crippen molar-refractivity contribution in [3.05, 3.63) is 27.5 Å². The van der Waals surface area contributed by atoms with E-state index in [0.717, 1.165) is 0 Å². The zero-order valence-corrected chi connectivity index (χ0v) is 10.3. The summed E-state index contributed by atoms with van der Waals surface area (Å²) in [6, 6.07) is 1.61. The fourth-order valence-electron chi connectivity index (χ4n) is 1.12. The molecule has 3 nitrogen and oxygen atoms in total. The lowest BCUT2D eigenvalue weighted by Crippen LogP contribution is -2.30. The summed E-state index contributed by atoms with van der Waals surface area (Å²) in [5.41, 5.74) is 1.03. The first-order chi connectivity index (χ1) is 6.91. The van der Waals surface area contributed by atoms with E-state index in [4.69, 9.17) is 23.2 Å². The summed E-state index contributed by atoms with van der Waals surface area (Å²) in [6.07, 6.45) is 0. The Bertz CT molecular complexity index is 391. The van der Waals surface area contributed by atoms with E-state index in [1.54, 1.807) is 6.92 Å². The number of pyridine rings is 1. The lowest BCUT2D eigenvalue weighted by atomic mass is 10.2. The number of amides is 1. The number of halogens is 2. The van der Waals surface area contributed by atoms with Crippen LogP contribution in [0, 0.1) is 6.92 Å². The molecule has 0 saturated carbocycles. The average Bonchev–Trinajstić information content (AvgIpc) is 2.09. The molecule has 0 atom stereocenters. The number of rotatable bonds is 2. The van der Waals surface area contributed by atoms with Gasteiger partial charge in [0.05, 0.1) is 16.3 Å². The Labute approximate surface area is 98.8 Å². The van der Waals surface area contributed by atoms with Crippen molar-refractivity contribution in [1.29, 1.82) is 0 Å². The van der Waals surface area contributed by atoms with Gasteiger partial charge in [-0.3, -0.25) is 4.79 Å². The molecule has 0 aromatic carbocycles. The van der Waals surface area contributed by atoms with Crippen LogP contribution in [0.15, 0.2) is 6.07 Å². The predicted octanol–water partition coefficient (Wildman–Crippen LogP) is 2.84. The van der Waals surface area contributed by atoms with Crippen LogP contribution >= 0.6 is 23.2 Å². The van der Waals surface area contributed by atoms with E-state index < -0.39 is 0 Å². The third-order valence-corrected chi connectivity index (χ3v) is 2.46. The monoisotopic (exact) mass is 246 g/mol. The van der Waals surface area contributed by atoms with E-state index in [-0.39, 0.29) is 22.1 Å². The van der Waals surface area contributed by atoms with Crippen molar-refractivity contribution >= 4 is 29.1 Å². The molecular formula is C10H12Cl2N2O. The van der Waals surface area contributed by atoms with Crippen LogP contribution in [0.4, 0.5) is 0 Å². The highest BCUT2D eigenvalue weighted by atomic mass is 35.5. The molecule has 0 bridgehead atoms. The molecule has 0 fully saturated rings. The molecule has 1 amide bonds. The van der Waals surface area contributed by atoms with Crippen LogP contribution in [0.2, 0.25) is 10.2 Å². The number of aryl methyl sites for hydroxylation is 1. The Kier molecular flexibility index (Phi) is 3.94. The van der Waals surface area contributed by atoms with Crippen molar-refractivity contribution in [3.63, 3.8) is 0 Å². The van der Waals surface area contributed by atoms with Gasteiger partial charge in [-0.25, -0.2) is 4.98 Å². The van der Waals surface area contributed by atoms with Crippen molar-refractivity contribution < 1.29 is 4.79 Å². The molecule has 0 saturated heterocycles. The third kappa shape index (κ3) is 3.08. The van der Waals surface area contributed by atoms with Crippen molar-refractivity contribution in [1.82, 2.24) is 10.3 Å². The minimum absolute atomic E-state index is 0.0753. The maximum atomic E-state index is 11.7. The number of nitrogens with one attached hydrogen (secondary N) is 1. The molecule has 1 rings (SSSR count). The van der Waals surface area contributed by atoms with E-state index in [1.165, 1.54) is 6.07 Å². The zero-order valence-electron chi connectivity index (χ0n) is 8.77. The molecule has 1 heterocycles. The van der Waals surface area contributed by atoms with Crippen LogP contribution in [-0.4, -0.2) is 16.9 Å². The smallest absolute Gasteiger partial charge is 0.253 e. The molecule has 1 aromatic heterocycles. The molecule has 0 aliphatic rings. The quantitative estimate of drug-likeness (QED) is 0.816. The second kappa shape index (κ2) is 4.81. The Balaban J connectivity index is 3.04. The highest BCUT2D eigenvalue weighted by Crippen LogP contribution is 2.22. The van der Waals surface area contributed by atoms with Crippen LogP contribution in [0.25, 0.3) is 0 Å². The number of carbonyl (C=O) groups is 1. The first-order valence-corrected chi connectivity index (χ1v) is 5.31. The molecule has 0 unspecified atom stereocenters. The fraction of sp³-hybridized carbons (Fsp3) is 0.400. The number of nitrogens with zero attached hydrogens (tertiary/aromatic N) is 1. The van der Waals surface area contributed by atoms with Gasteiger partial charge in [-0.1, -0.05) is 23.2 Å². The largest absolute Gasteiger partial charge is 0.350 e. The van der Waals surface area contributed by atoms with E-state index in [1.807, 2.05) is 13.8 Å². The molecule has 5 heteroatoms. The van der Waals surface area contributed by atoms with Gasteiger partial charge in [0, 0.05) is 6.04 Å². The Morgan fingerprint density at radius 1 is 1.47 bits per heavy atom. The standard InChI is InChI=1S/C10H12Cl2N2O/c1-5(2)13-10(15)7-4-8(11)9(12)14-6(7)3/h4-5H,1-3H3,(H,13,15). The minimum atomic E-state index is -0.187. The number of carbonyl (C=O) groups excluding carboxylic acids is 1. The van der Waals surface area contributed by atoms with Crippen molar-refractivity contribution in [2.24, 2.45) is 0 Å². The summed E-state index contributed by atoms with van der Waals surface area (Å²) in [5.74, 6) is -0.187. The van der Waals surface area contributed by atoms with Gasteiger partial charge in [0.2, 0.25) is 0 Å². The van der Waals surface area contributed by atoms with Gasteiger partial charge in [0.25, 0.3) is 5.91 Å². The van der Waals surface area contributed by atoms with Gasteiger partial charge >= 0.3 is 0 Å². The maximum absolute atomic E-state index is 11.7. The molecule has 0 radical (unpaired) electrons. The Hall–Kier alpha value is -0.800. The molecule has 15 heavy (non-hydrogen) atoms. The minimum Gasteiger partial charge on any atom is -0.350 e. The summed E-state index contributed by atoms with van der Waals surface area (Å²) >= 11 is 11.5. The highest BCUT2D eigenvalue weighted by molar-refractivity contribution is 6.41. The number of hydrogen-bond donors (Lipinski definition) is 1. The topological polar surface area (TPSA) is 42.0 Å². The molecule has 1 N–H and O–H groups in total. The molecule has 82 valence electrons. The van der Waals surface area contributed by atoms with Gasteiger partial charge in [0.15, 0.2) is 0 Å². The van der Waals surface area contributed by atoms with Gasteiger partial charge in [-0.15, -0.1) is 0 Å². The lowest BCUT2D eigenvalue weighted by molar-refractivity contribution is 0.0942. The van der Waals surface area contributed by atoms with Crippen LogP contribution in [0.1, 0.15) is 29.9 Å². The summed E-state index contributed by atoms with van der Waals surface area (Å²) in [5, 5.41) is 3.27. The molecule has 1 aromatic rings. The van der Waals surface area contributed by atoms with Crippen LogP contribution in [-0.2, 0) is 0 Å². The maximum Gasteiger partial charge on any atom is 0.253 e. The van der Waals surface area contributed by atoms with E-state index >= 15 is 0 Å². The SMILES string of the molecule is Cc1nc(Cl)c(Cl)cc1C(=O)NC(C)C. The Morgan fingerprint density at radius 3 is 2.60 bits per heavy atom. The van der Waals surface area contributed by atoms with Crippen molar-refractivity contribution in [2.75, 3.05) is 0 Å². The number of aromatic nitrogens is 1. The summed E-state index contributed by atoms with van der Waals surface area (Å²) < 4.78 is 0. The van der Waals surface area contributed by atoms with Gasteiger partial charge in [-0.2, -0.15) is 0 Å². The first-order valence-electron chi connectivity index (χ1n) is 4.55. The van der Waals surface area contributed by atoms with Crippen LogP contribution in [0.3, 0.4) is 0 Å². The number of hydrogen-bond acceptors (Lipinski definition) is 2. The summed E-state index contributed by atoms with van der Waals surface area (Å²) in [6.45, 7) is 5.49. The first kappa shape index (κ1) is 12.3. The van der Waals surface area contributed by atoms with Crippen molar-refractivity contribution in [2.45, 2.75) is 26.8 Å². The van der Waals surface area contributed by atoms with Crippen LogP contribution in [0.5, 0.6) is 0 Å². The normalized spacial score (nSPS) is 10.5. The molecule has 0 aliphatic carbocycles. The molecule has 0 spiro atoms. The highest BCUT2D eigenvalue weighted by Gasteiger charge is 2.13. The van der Waals surface area contributed by atoms with Crippen molar-refractivity contribution in [3.8, 4) is 0 Å².